The maximum absolute atomic E-state index is 13.0. The number of amides is 1. The maximum atomic E-state index is 13.0. The average molecular weight is 376 g/mol. The molecular formula is C19H21FN2O3S. The van der Waals surface area contributed by atoms with Crippen LogP contribution in [0, 0.1) is 5.82 Å². The van der Waals surface area contributed by atoms with Crippen LogP contribution in [0.3, 0.4) is 0 Å². The fraction of sp³-hybridized carbons (Fsp3) is 0.368. The first-order chi connectivity index (χ1) is 12.5. The number of aliphatic carboxylic acids is 1. The summed E-state index contributed by atoms with van der Waals surface area (Å²) < 4.78 is 13.0. The van der Waals surface area contributed by atoms with Crippen molar-refractivity contribution < 1.29 is 19.1 Å². The summed E-state index contributed by atoms with van der Waals surface area (Å²) in [5.41, 5.74) is 0.881. The largest absolute Gasteiger partial charge is 0.480 e. The molecule has 5 nitrogen and oxygen atoms in total. The topological polar surface area (TPSA) is 69.6 Å². The summed E-state index contributed by atoms with van der Waals surface area (Å²) in [4.78, 5) is 26.7. The van der Waals surface area contributed by atoms with Crippen molar-refractivity contribution in [1.82, 2.24) is 10.2 Å². The van der Waals surface area contributed by atoms with Gasteiger partial charge >= 0.3 is 5.97 Å². The van der Waals surface area contributed by atoms with E-state index in [2.05, 4.69) is 5.32 Å². The zero-order valence-corrected chi connectivity index (χ0v) is 15.3. The SMILES string of the molecule is CCN(CC(=O)O)C1CC(NC(=O)c2ccc(-c3ccc(F)cc3)s2)C1. The molecule has 0 unspecified atom stereocenters. The highest BCUT2D eigenvalue weighted by Gasteiger charge is 2.34. The normalized spacial score (nSPS) is 19.2. The number of carbonyl (C=O) groups excluding carboxylic acids is 1. The summed E-state index contributed by atoms with van der Waals surface area (Å²) in [5.74, 6) is -1.23. The van der Waals surface area contributed by atoms with Gasteiger partial charge in [-0.2, -0.15) is 0 Å². The van der Waals surface area contributed by atoms with E-state index in [9.17, 15) is 14.0 Å². The number of likely N-dealkylation sites (N-methyl/N-ethyl adjacent to an activating group) is 1. The van der Waals surface area contributed by atoms with Gasteiger partial charge in [0.05, 0.1) is 11.4 Å². The molecule has 1 amide bonds. The molecule has 138 valence electrons. The van der Waals surface area contributed by atoms with Crippen LogP contribution in [-0.4, -0.2) is 47.1 Å². The predicted octanol–water partition coefficient (Wildman–Crippen LogP) is 3.22. The Morgan fingerprint density at radius 2 is 1.92 bits per heavy atom. The summed E-state index contributed by atoms with van der Waals surface area (Å²) in [7, 11) is 0. The third-order valence-electron chi connectivity index (χ3n) is 4.67. The molecule has 1 aromatic carbocycles. The lowest BCUT2D eigenvalue weighted by Gasteiger charge is -2.42. The number of hydrogen-bond donors (Lipinski definition) is 2. The molecule has 26 heavy (non-hydrogen) atoms. The molecule has 1 fully saturated rings. The van der Waals surface area contributed by atoms with Gasteiger partial charge < -0.3 is 10.4 Å². The number of carboxylic acid groups (broad SMARTS) is 1. The molecule has 0 radical (unpaired) electrons. The van der Waals surface area contributed by atoms with E-state index in [1.54, 1.807) is 18.2 Å². The molecule has 1 heterocycles. The standard InChI is InChI=1S/C19H21FN2O3S/c1-2-22(11-18(23)24)15-9-14(10-15)21-19(25)17-8-7-16(26-17)12-3-5-13(20)6-4-12/h3-8,14-15H,2,9-11H2,1H3,(H,21,25)(H,23,24). The Labute approximate surface area is 155 Å². The van der Waals surface area contributed by atoms with E-state index in [0.29, 0.717) is 11.4 Å². The van der Waals surface area contributed by atoms with Crippen molar-refractivity contribution in [3.8, 4) is 10.4 Å². The lowest BCUT2D eigenvalue weighted by Crippen LogP contribution is -2.54. The monoisotopic (exact) mass is 376 g/mol. The van der Waals surface area contributed by atoms with Gasteiger partial charge in [0.2, 0.25) is 0 Å². The number of nitrogens with one attached hydrogen (secondary N) is 1. The molecule has 0 aliphatic heterocycles. The highest BCUT2D eigenvalue weighted by molar-refractivity contribution is 7.17. The van der Waals surface area contributed by atoms with E-state index in [4.69, 9.17) is 5.11 Å². The Morgan fingerprint density at radius 1 is 1.23 bits per heavy atom. The van der Waals surface area contributed by atoms with Crippen LogP contribution in [0.15, 0.2) is 36.4 Å². The second-order valence-corrected chi connectivity index (χ2v) is 7.51. The van der Waals surface area contributed by atoms with Crippen LogP contribution in [0.2, 0.25) is 0 Å². The number of thiophene rings is 1. The average Bonchev–Trinajstić information content (AvgIpc) is 3.06. The second-order valence-electron chi connectivity index (χ2n) is 6.42. The van der Waals surface area contributed by atoms with Crippen molar-refractivity contribution >= 4 is 23.2 Å². The van der Waals surface area contributed by atoms with Gasteiger partial charge in [0, 0.05) is 17.0 Å². The number of carboxylic acids is 1. The highest BCUT2D eigenvalue weighted by atomic mass is 32.1. The molecule has 0 atom stereocenters. The Hall–Kier alpha value is -2.25. The van der Waals surface area contributed by atoms with Gasteiger partial charge in [-0.3, -0.25) is 14.5 Å². The van der Waals surface area contributed by atoms with Crippen LogP contribution in [0.1, 0.15) is 29.4 Å². The zero-order chi connectivity index (χ0) is 18.7. The lowest BCUT2D eigenvalue weighted by molar-refractivity contribution is -0.139. The van der Waals surface area contributed by atoms with Crippen molar-refractivity contribution in [2.24, 2.45) is 0 Å². The molecular weight excluding hydrogens is 355 g/mol. The quantitative estimate of drug-likeness (QED) is 0.778. The third-order valence-corrected chi connectivity index (χ3v) is 5.80. The second kappa shape index (κ2) is 7.97. The summed E-state index contributed by atoms with van der Waals surface area (Å²) in [5, 5.41) is 11.9. The minimum atomic E-state index is -0.828. The van der Waals surface area contributed by atoms with E-state index in [0.717, 1.165) is 23.3 Å². The van der Waals surface area contributed by atoms with Crippen LogP contribution in [0.4, 0.5) is 4.39 Å². The van der Waals surface area contributed by atoms with Crippen LogP contribution in [-0.2, 0) is 4.79 Å². The Balaban J connectivity index is 1.54. The predicted molar refractivity (Wildman–Crippen MR) is 98.9 cm³/mol. The Morgan fingerprint density at radius 3 is 2.54 bits per heavy atom. The molecule has 2 N–H and O–H groups in total. The van der Waals surface area contributed by atoms with Crippen LogP contribution >= 0.6 is 11.3 Å². The van der Waals surface area contributed by atoms with Gasteiger partial charge in [0.25, 0.3) is 5.91 Å². The van der Waals surface area contributed by atoms with Crippen LogP contribution < -0.4 is 5.32 Å². The van der Waals surface area contributed by atoms with Gasteiger partial charge in [0.1, 0.15) is 5.82 Å². The van der Waals surface area contributed by atoms with Crippen molar-refractivity contribution in [3.05, 3.63) is 47.1 Å². The Kier molecular flexibility index (Phi) is 5.68. The molecule has 1 saturated carbocycles. The summed E-state index contributed by atoms with van der Waals surface area (Å²) >= 11 is 1.37. The van der Waals surface area contributed by atoms with Crippen LogP contribution in [0.25, 0.3) is 10.4 Å². The van der Waals surface area contributed by atoms with Gasteiger partial charge in [0.15, 0.2) is 0 Å². The highest BCUT2D eigenvalue weighted by Crippen LogP contribution is 2.30. The van der Waals surface area contributed by atoms with Crippen molar-refractivity contribution in [2.75, 3.05) is 13.1 Å². The van der Waals surface area contributed by atoms with E-state index in [1.165, 1.54) is 23.5 Å². The van der Waals surface area contributed by atoms with E-state index >= 15 is 0 Å². The number of halogens is 1. The first-order valence-corrected chi connectivity index (χ1v) is 9.40. The molecule has 0 saturated heterocycles. The van der Waals surface area contributed by atoms with Crippen molar-refractivity contribution in [1.29, 1.82) is 0 Å². The molecule has 3 rings (SSSR count). The van der Waals surface area contributed by atoms with Crippen molar-refractivity contribution in [3.63, 3.8) is 0 Å². The molecule has 1 aliphatic carbocycles. The van der Waals surface area contributed by atoms with Gasteiger partial charge in [-0.25, -0.2) is 4.39 Å². The number of nitrogens with zero attached hydrogens (tertiary/aromatic N) is 1. The first-order valence-electron chi connectivity index (χ1n) is 8.58. The van der Waals surface area contributed by atoms with E-state index in [1.807, 2.05) is 17.9 Å². The van der Waals surface area contributed by atoms with Crippen LogP contribution in [0.5, 0.6) is 0 Å². The Bertz CT molecular complexity index is 784. The smallest absolute Gasteiger partial charge is 0.317 e. The number of benzene rings is 1. The molecule has 1 aliphatic rings. The zero-order valence-electron chi connectivity index (χ0n) is 14.4. The minimum absolute atomic E-state index is 0.0355. The number of carbonyl (C=O) groups is 2. The maximum Gasteiger partial charge on any atom is 0.317 e. The summed E-state index contributed by atoms with van der Waals surface area (Å²) in [6.45, 7) is 2.66. The van der Waals surface area contributed by atoms with E-state index in [-0.39, 0.29) is 30.4 Å². The molecule has 0 bridgehead atoms. The van der Waals surface area contributed by atoms with E-state index < -0.39 is 5.97 Å². The van der Waals surface area contributed by atoms with Gasteiger partial charge in [-0.1, -0.05) is 19.1 Å². The van der Waals surface area contributed by atoms with Gasteiger partial charge in [-0.05, 0) is 49.2 Å². The fourth-order valence-corrected chi connectivity index (χ4v) is 4.08. The molecule has 1 aromatic heterocycles. The molecule has 2 aromatic rings. The summed E-state index contributed by atoms with van der Waals surface area (Å²) in [6.07, 6.45) is 1.53. The first kappa shape index (κ1) is 18.5. The van der Waals surface area contributed by atoms with Gasteiger partial charge in [-0.15, -0.1) is 11.3 Å². The number of hydrogen-bond acceptors (Lipinski definition) is 4. The summed E-state index contributed by atoms with van der Waals surface area (Å²) in [6, 6.07) is 10.1. The fourth-order valence-electron chi connectivity index (χ4n) is 3.16. The number of rotatable bonds is 7. The molecule has 0 spiro atoms. The third kappa shape index (κ3) is 4.28. The lowest BCUT2D eigenvalue weighted by atomic mass is 9.85. The molecule has 7 heteroatoms. The minimum Gasteiger partial charge on any atom is -0.480 e. The van der Waals surface area contributed by atoms with Crippen molar-refractivity contribution in [2.45, 2.75) is 31.8 Å².